The van der Waals surface area contributed by atoms with Crippen molar-refractivity contribution in [3.63, 3.8) is 0 Å². The number of nitrogens with zero attached hydrogens (tertiary/aromatic N) is 4. The summed E-state index contributed by atoms with van der Waals surface area (Å²) in [5.41, 5.74) is 5.77. The summed E-state index contributed by atoms with van der Waals surface area (Å²) in [5.74, 6) is 0.526. The zero-order valence-corrected chi connectivity index (χ0v) is 9.73. The molecule has 2 aliphatic heterocycles. The fourth-order valence-electron chi connectivity index (χ4n) is 2.35. The molecule has 0 bridgehead atoms. The number of hydrogen-bond donors (Lipinski definition) is 2. The number of tetrazole rings is 1. The number of β-lactam (4-membered cyclic amide) rings is 1. The molecule has 1 aromatic heterocycles. The molecule has 2 fully saturated rings. The monoisotopic (exact) mass is 240 g/mol. The van der Waals surface area contributed by atoms with Crippen LogP contribution in [-0.4, -0.2) is 47.6 Å². The van der Waals surface area contributed by atoms with Gasteiger partial charge in [0.05, 0.1) is 0 Å². The van der Waals surface area contributed by atoms with Gasteiger partial charge >= 0.3 is 0 Å². The Morgan fingerprint density at radius 3 is 2.94 bits per heavy atom. The van der Waals surface area contributed by atoms with E-state index in [2.05, 4.69) is 34.5 Å². The molecular formula is C8H12N6OS. The summed E-state index contributed by atoms with van der Waals surface area (Å²) in [6.45, 7) is 4.13. The average molecular weight is 240 g/mol. The summed E-state index contributed by atoms with van der Waals surface area (Å²) in [5, 5.41) is 14.0. The van der Waals surface area contributed by atoms with E-state index in [0.29, 0.717) is 5.82 Å². The van der Waals surface area contributed by atoms with E-state index in [-0.39, 0.29) is 28.1 Å². The van der Waals surface area contributed by atoms with Gasteiger partial charge in [0, 0.05) is 4.75 Å². The van der Waals surface area contributed by atoms with Crippen LogP contribution in [-0.2, 0) is 4.79 Å². The maximum absolute atomic E-state index is 11.7. The van der Waals surface area contributed by atoms with Crippen LogP contribution in [0.3, 0.4) is 0 Å². The first kappa shape index (κ1) is 10.0. The maximum Gasteiger partial charge on any atom is 0.244 e. The number of carbonyl (C=O) groups excluding carboxylic acids is 1. The van der Waals surface area contributed by atoms with Crippen molar-refractivity contribution in [3.05, 3.63) is 5.82 Å². The average Bonchev–Trinajstić information content (AvgIpc) is 2.81. The summed E-state index contributed by atoms with van der Waals surface area (Å²) in [6.07, 6.45) is 0. The highest BCUT2D eigenvalue weighted by Crippen LogP contribution is 2.56. The van der Waals surface area contributed by atoms with Crippen LogP contribution in [0.15, 0.2) is 0 Å². The van der Waals surface area contributed by atoms with Crippen molar-refractivity contribution in [1.82, 2.24) is 25.5 Å². The van der Waals surface area contributed by atoms with Gasteiger partial charge in [0.2, 0.25) is 5.91 Å². The van der Waals surface area contributed by atoms with Crippen LogP contribution in [0.1, 0.15) is 25.7 Å². The Morgan fingerprint density at radius 1 is 1.56 bits per heavy atom. The number of hydrogen-bond acceptors (Lipinski definition) is 6. The van der Waals surface area contributed by atoms with Crippen molar-refractivity contribution in [2.24, 2.45) is 5.73 Å². The van der Waals surface area contributed by atoms with Gasteiger partial charge in [0.15, 0.2) is 5.82 Å². The minimum absolute atomic E-state index is 0.0297. The van der Waals surface area contributed by atoms with E-state index in [4.69, 9.17) is 5.73 Å². The molecule has 0 saturated carbocycles. The van der Waals surface area contributed by atoms with Crippen molar-refractivity contribution in [1.29, 1.82) is 0 Å². The second-order valence-corrected chi connectivity index (χ2v) is 6.33. The highest BCUT2D eigenvalue weighted by Gasteiger charge is 2.61. The molecule has 2 unspecified atom stereocenters. The number of rotatable bonds is 1. The molecule has 0 spiro atoms. The molecule has 0 aliphatic carbocycles. The van der Waals surface area contributed by atoms with E-state index in [0.717, 1.165) is 0 Å². The number of thioether (sulfide) groups is 1. The molecule has 3 atom stereocenters. The third-order valence-electron chi connectivity index (χ3n) is 3.09. The number of nitrogens with one attached hydrogen (secondary N) is 1. The minimum Gasteiger partial charge on any atom is -0.317 e. The fourth-order valence-corrected chi connectivity index (χ4v) is 3.92. The van der Waals surface area contributed by atoms with Crippen molar-refractivity contribution < 1.29 is 4.79 Å². The second kappa shape index (κ2) is 2.95. The summed E-state index contributed by atoms with van der Waals surface area (Å²) in [7, 11) is 0. The number of H-pyrrole nitrogens is 1. The second-order valence-electron chi connectivity index (χ2n) is 4.56. The molecule has 1 aromatic rings. The van der Waals surface area contributed by atoms with E-state index < -0.39 is 0 Å². The first-order chi connectivity index (χ1) is 7.52. The van der Waals surface area contributed by atoms with Crippen molar-refractivity contribution in [2.45, 2.75) is 36.1 Å². The van der Waals surface area contributed by atoms with E-state index in [1.54, 1.807) is 16.7 Å². The zero-order valence-electron chi connectivity index (χ0n) is 8.91. The largest absolute Gasteiger partial charge is 0.317 e. The van der Waals surface area contributed by atoms with Crippen LogP contribution in [0.4, 0.5) is 0 Å². The normalized spacial score (nSPS) is 36.1. The molecule has 2 saturated heterocycles. The SMILES string of the molecule is CC1(C)S[C@H]2C(N)C(=O)N2C1c1nn[nH]n1. The number of aromatic amines is 1. The first-order valence-electron chi connectivity index (χ1n) is 5.01. The predicted molar refractivity (Wildman–Crippen MR) is 57.2 cm³/mol. The van der Waals surface area contributed by atoms with E-state index in [1.807, 2.05) is 0 Å². The first-order valence-corrected chi connectivity index (χ1v) is 5.89. The molecular weight excluding hydrogens is 228 g/mol. The zero-order chi connectivity index (χ0) is 11.5. The van der Waals surface area contributed by atoms with Crippen molar-refractivity contribution >= 4 is 17.7 Å². The van der Waals surface area contributed by atoms with E-state index in [1.165, 1.54) is 0 Å². The molecule has 3 heterocycles. The number of fused-ring (bicyclic) bond motifs is 1. The van der Waals surface area contributed by atoms with Crippen LogP contribution < -0.4 is 5.73 Å². The molecule has 3 rings (SSSR count). The van der Waals surface area contributed by atoms with Gasteiger partial charge in [-0.1, -0.05) is 5.21 Å². The quantitative estimate of drug-likeness (QED) is 0.627. The van der Waals surface area contributed by atoms with Gasteiger partial charge in [-0.2, -0.15) is 5.21 Å². The predicted octanol–water partition coefficient (Wildman–Crippen LogP) is -0.738. The molecule has 16 heavy (non-hydrogen) atoms. The van der Waals surface area contributed by atoms with Crippen LogP contribution >= 0.6 is 11.8 Å². The van der Waals surface area contributed by atoms with Crippen molar-refractivity contribution in [3.8, 4) is 0 Å². The Balaban J connectivity index is 2.00. The molecule has 7 nitrogen and oxygen atoms in total. The van der Waals surface area contributed by atoms with Crippen LogP contribution in [0.5, 0.6) is 0 Å². The van der Waals surface area contributed by atoms with Crippen LogP contribution in [0.2, 0.25) is 0 Å². The Bertz CT molecular complexity index is 432. The lowest BCUT2D eigenvalue weighted by atomic mass is 9.96. The van der Waals surface area contributed by atoms with Crippen LogP contribution in [0.25, 0.3) is 0 Å². The lowest BCUT2D eigenvalue weighted by molar-refractivity contribution is -0.147. The van der Waals surface area contributed by atoms with Crippen molar-refractivity contribution in [2.75, 3.05) is 0 Å². The standard InChI is InChI=1S/C8H12N6OS/c1-8(2)4(5-10-12-13-11-5)14-6(15)3(9)7(14)16-8/h3-4,7H,9H2,1-2H3,(H,10,11,12,13)/t3?,4?,7-/m0/s1. The molecule has 1 amide bonds. The van der Waals surface area contributed by atoms with Gasteiger partial charge < -0.3 is 10.6 Å². The van der Waals surface area contributed by atoms with Gasteiger partial charge in [-0.15, -0.1) is 22.0 Å². The minimum atomic E-state index is -0.388. The van der Waals surface area contributed by atoms with Crippen LogP contribution in [0, 0.1) is 0 Å². The summed E-state index contributed by atoms with van der Waals surface area (Å²) in [6, 6.07) is -0.533. The van der Waals surface area contributed by atoms with E-state index >= 15 is 0 Å². The third kappa shape index (κ3) is 1.08. The van der Waals surface area contributed by atoms with E-state index in [9.17, 15) is 4.79 Å². The molecule has 86 valence electrons. The number of nitrogens with two attached hydrogens (primary N) is 1. The molecule has 3 N–H and O–H groups in total. The van der Waals surface area contributed by atoms with Gasteiger partial charge in [-0.3, -0.25) is 4.79 Å². The summed E-state index contributed by atoms with van der Waals surface area (Å²) in [4.78, 5) is 13.5. The topological polar surface area (TPSA) is 101 Å². The highest BCUT2D eigenvalue weighted by molar-refractivity contribution is 8.01. The molecule has 2 aliphatic rings. The van der Waals surface area contributed by atoms with Gasteiger partial charge in [0.1, 0.15) is 17.5 Å². The fraction of sp³-hybridized carbons (Fsp3) is 0.750. The molecule has 8 heteroatoms. The third-order valence-corrected chi connectivity index (χ3v) is 4.68. The smallest absolute Gasteiger partial charge is 0.244 e. The number of aromatic nitrogens is 4. The Morgan fingerprint density at radius 2 is 2.31 bits per heavy atom. The van der Waals surface area contributed by atoms with Gasteiger partial charge in [0.25, 0.3) is 0 Å². The Labute approximate surface area is 96.1 Å². The molecule has 0 radical (unpaired) electrons. The Kier molecular flexibility index (Phi) is 1.85. The summed E-state index contributed by atoms with van der Waals surface area (Å²) < 4.78 is -0.141. The lowest BCUT2D eigenvalue weighted by Crippen LogP contribution is -2.65. The van der Waals surface area contributed by atoms with Gasteiger partial charge in [-0.05, 0) is 13.8 Å². The Hall–Kier alpha value is -1.15. The number of amides is 1. The lowest BCUT2D eigenvalue weighted by Gasteiger charge is -2.41. The summed E-state index contributed by atoms with van der Waals surface area (Å²) >= 11 is 1.69. The van der Waals surface area contributed by atoms with Gasteiger partial charge in [-0.25, -0.2) is 0 Å². The number of carbonyl (C=O) groups is 1. The highest BCUT2D eigenvalue weighted by atomic mass is 32.2. The maximum atomic E-state index is 11.7. The molecule has 0 aromatic carbocycles.